The van der Waals surface area contributed by atoms with E-state index in [1.807, 2.05) is 36.4 Å². The molecule has 1 fully saturated rings. The first-order valence-corrected chi connectivity index (χ1v) is 12.6. The second kappa shape index (κ2) is 12.6. The predicted octanol–water partition coefficient (Wildman–Crippen LogP) is 6.48. The van der Waals surface area contributed by atoms with Crippen LogP contribution in [0, 0.1) is 5.92 Å². The molecule has 0 spiro atoms. The van der Waals surface area contributed by atoms with E-state index in [0.29, 0.717) is 23.9 Å². The summed E-state index contributed by atoms with van der Waals surface area (Å²) in [6, 6.07) is 21.5. The Hall–Kier alpha value is -2.61. The third-order valence-corrected chi connectivity index (χ3v) is 6.77. The Morgan fingerprint density at radius 2 is 1.67 bits per heavy atom. The van der Waals surface area contributed by atoms with Crippen LogP contribution < -0.4 is 4.74 Å². The molecule has 4 nitrogen and oxygen atoms in total. The molecule has 1 aromatic heterocycles. The second-order valence-electron chi connectivity index (χ2n) is 9.20. The second-order valence-corrected chi connectivity index (χ2v) is 9.64. The van der Waals surface area contributed by atoms with Gasteiger partial charge in [-0.3, -0.25) is 14.8 Å². The van der Waals surface area contributed by atoms with Crippen molar-refractivity contribution in [1.82, 2.24) is 14.8 Å². The van der Waals surface area contributed by atoms with E-state index >= 15 is 0 Å². The number of pyridine rings is 1. The zero-order valence-corrected chi connectivity index (χ0v) is 20.8. The third-order valence-electron chi connectivity index (χ3n) is 6.52. The minimum Gasteiger partial charge on any atom is -0.492 e. The van der Waals surface area contributed by atoms with Crippen LogP contribution in [0.3, 0.4) is 0 Å². The van der Waals surface area contributed by atoms with Crippen LogP contribution in [0.15, 0.2) is 79.0 Å². The van der Waals surface area contributed by atoms with Gasteiger partial charge in [-0.05, 0) is 73.8 Å². The lowest BCUT2D eigenvalue weighted by Crippen LogP contribution is -2.44. The molecule has 8 heteroatoms. The number of nitrogens with zero attached hydrogens (tertiary/aromatic N) is 3. The lowest BCUT2D eigenvalue weighted by atomic mass is 9.93. The normalized spacial score (nSPS) is 16.2. The van der Waals surface area contributed by atoms with Gasteiger partial charge in [0.05, 0.1) is 18.3 Å². The Balaban J connectivity index is 1.42. The van der Waals surface area contributed by atoms with Crippen molar-refractivity contribution < 1.29 is 17.9 Å². The molecule has 0 amide bonds. The standard InChI is InChI=1S/C28H31ClF3N3O/c29-24-11-9-23(10-12-24)27(26-8-4-5-15-33-26)35(21-28(30,31)32)20-22-13-16-34(17-14-22)18-19-36-25-6-2-1-3-7-25/h1-12,15,22,27H,13-14,16-21H2/t27-/m0/s1. The summed E-state index contributed by atoms with van der Waals surface area (Å²) < 4.78 is 47.1. The first-order chi connectivity index (χ1) is 17.4. The first-order valence-electron chi connectivity index (χ1n) is 12.2. The van der Waals surface area contributed by atoms with Crippen molar-refractivity contribution >= 4 is 11.6 Å². The maximum atomic E-state index is 13.8. The summed E-state index contributed by atoms with van der Waals surface area (Å²) in [4.78, 5) is 8.28. The summed E-state index contributed by atoms with van der Waals surface area (Å²) in [6.45, 7) is 2.43. The minimum atomic E-state index is -4.32. The molecule has 1 saturated heterocycles. The zero-order valence-electron chi connectivity index (χ0n) is 20.1. The van der Waals surface area contributed by atoms with Gasteiger partial charge < -0.3 is 4.74 Å². The molecule has 3 aromatic rings. The highest BCUT2D eigenvalue weighted by Gasteiger charge is 2.37. The summed E-state index contributed by atoms with van der Waals surface area (Å²) in [5.41, 5.74) is 1.34. The molecule has 1 atom stereocenters. The predicted molar refractivity (Wildman–Crippen MR) is 136 cm³/mol. The van der Waals surface area contributed by atoms with E-state index in [4.69, 9.17) is 16.3 Å². The molecule has 0 bridgehead atoms. The molecule has 36 heavy (non-hydrogen) atoms. The molecular weight excluding hydrogens is 487 g/mol. The van der Waals surface area contributed by atoms with Crippen LogP contribution in [0.4, 0.5) is 13.2 Å². The molecule has 0 N–H and O–H groups in total. The van der Waals surface area contributed by atoms with Crippen LogP contribution in [-0.2, 0) is 0 Å². The molecule has 0 radical (unpaired) electrons. The molecule has 4 rings (SSSR count). The van der Waals surface area contributed by atoms with Gasteiger partial charge in [0.2, 0.25) is 0 Å². The molecule has 192 valence electrons. The number of rotatable bonds is 10. The van der Waals surface area contributed by atoms with Crippen molar-refractivity contribution in [2.45, 2.75) is 25.1 Å². The van der Waals surface area contributed by atoms with E-state index in [0.717, 1.165) is 43.8 Å². The largest absolute Gasteiger partial charge is 0.492 e. The fourth-order valence-electron chi connectivity index (χ4n) is 4.78. The van der Waals surface area contributed by atoms with Crippen molar-refractivity contribution in [3.05, 3.63) is 95.3 Å². The number of aromatic nitrogens is 1. The van der Waals surface area contributed by atoms with Crippen LogP contribution in [0.25, 0.3) is 0 Å². The van der Waals surface area contributed by atoms with Crippen LogP contribution in [0.5, 0.6) is 5.75 Å². The van der Waals surface area contributed by atoms with E-state index in [-0.39, 0.29) is 5.92 Å². The number of likely N-dealkylation sites (tertiary alicyclic amines) is 1. The number of para-hydroxylation sites is 1. The van der Waals surface area contributed by atoms with Crippen molar-refractivity contribution in [1.29, 1.82) is 0 Å². The monoisotopic (exact) mass is 517 g/mol. The average Bonchev–Trinajstić information content (AvgIpc) is 2.87. The molecule has 0 aliphatic carbocycles. The van der Waals surface area contributed by atoms with Crippen LogP contribution in [0.2, 0.25) is 5.02 Å². The van der Waals surface area contributed by atoms with E-state index in [1.165, 1.54) is 4.90 Å². The van der Waals surface area contributed by atoms with Crippen molar-refractivity contribution in [3.8, 4) is 5.75 Å². The lowest BCUT2D eigenvalue weighted by molar-refractivity contribution is -0.151. The minimum absolute atomic E-state index is 0.164. The summed E-state index contributed by atoms with van der Waals surface area (Å²) in [6.07, 6.45) is -1.01. The highest BCUT2D eigenvalue weighted by molar-refractivity contribution is 6.30. The molecule has 0 unspecified atom stereocenters. The average molecular weight is 518 g/mol. The fraction of sp³-hybridized carbons (Fsp3) is 0.393. The van der Waals surface area contributed by atoms with Crippen molar-refractivity contribution in [2.75, 3.05) is 39.3 Å². The zero-order chi connectivity index (χ0) is 25.4. The molecule has 2 aromatic carbocycles. The Morgan fingerprint density at radius 3 is 2.31 bits per heavy atom. The van der Waals surface area contributed by atoms with Gasteiger partial charge in [-0.1, -0.05) is 48.0 Å². The van der Waals surface area contributed by atoms with Gasteiger partial charge in [0.15, 0.2) is 0 Å². The molecule has 2 heterocycles. The first kappa shape index (κ1) is 26.5. The van der Waals surface area contributed by atoms with E-state index in [2.05, 4.69) is 9.88 Å². The molecule has 1 aliphatic heterocycles. The number of benzene rings is 2. The van der Waals surface area contributed by atoms with Gasteiger partial charge in [-0.25, -0.2) is 0 Å². The maximum absolute atomic E-state index is 13.8. The quantitative estimate of drug-likeness (QED) is 0.308. The van der Waals surface area contributed by atoms with Gasteiger partial charge in [0.25, 0.3) is 0 Å². The van der Waals surface area contributed by atoms with Crippen LogP contribution in [0.1, 0.15) is 30.1 Å². The van der Waals surface area contributed by atoms with Crippen LogP contribution in [-0.4, -0.2) is 60.3 Å². The van der Waals surface area contributed by atoms with Gasteiger partial charge in [0.1, 0.15) is 12.4 Å². The van der Waals surface area contributed by atoms with Crippen molar-refractivity contribution in [2.24, 2.45) is 5.92 Å². The Morgan fingerprint density at radius 1 is 0.972 bits per heavy atom. The van der Waals surface area contributed by atoms with Gasteiger partial charge >= 0.3 is 6.18 Å². The highest BCUT2D eigenvalue weighted by Crippen LogP contribution is 2.33. The maximum Gasteiger partial charge on any atom is 0.401 e. The highest BCUT2D eigenvalue weighted by atomic mass is 35.5. The van der Waals surface area contributed by atoms with E-state index < -0.39 is 18.8 Å². The van der Waals surface area contributed by atoms with Crippen LogP contribution >= 0.6 is 11.6 Å². The third kappa shape index (κ3) is 7.95. The Labute approximate surface area is 215 Å². The van der Waals surface area contributed by atoms with E-state index in [1.54, 1.807) is 42.6 Å². The SMILES string of the molecule is FC(F)(F)CN(CC1CCN(CCOc2ccccc2)CC1)[C@@H](c1ccc(Cl)cc1)c1ccccn1. The number of hydrogen-bond acceptors (Lipinski definition) is 4. The number of hydrogen-bond donors (Lipinski definition) is 0. The summed E-state index contributed by atoms with van der Waals surface area (Å²) in [5, 5.41) is 0.546. The molecular formula is C28H31ClF3N3O. The number of ether oxygens (including phenoxy) is 1. The smallest absolute Gasteiger partial charge is 0.401 e. The van der Waals surface area contributed by atoms with E-state index in [9.17, 15) is 13.2 Å². The topological polar surface area (TPSA) is 28.6 Å². The molecule has 1 aliphatic rings. The van der Waals surface area contributed by atoms with Crippen molar-refractivity contribution in [3.63, 3.8) is 0 Å². The summed E-state index contributed by atoms with van der Waals surface area (Å²) in [7, 11) is 0. The lowest BCUT2D eigenvalue weighted by Gasteiger charge is -2.38. The van der Waals surface area contributed by atoms with Gasteiger partial charge in [-0.15, -0.1) is 0 Å². The number of alkyl halides is 3. The summed E-state index contributed by atoms with van der Waals surface area (Å²) in [5.74, 6) is 1.01. The molecule has 0 saturated carbocycles. The number of piperidine rings is 1. The number of halogens is 4. The Kier molecular flexibility index (Phi) is 9.24. The summed E-state index contributed by atoms with van der Waals surface area (Å²) >= 11 is 6.07. The Bertz CT molecular complexity index is 1040. The van der Waals surface area contributed by atoms with Gasteiger partial charge in [0, 0.05) is 24.3 Å². The van der Waals surface area contributed by atoms with Gasteiger partial charge in [-0.2, -0.15) is 13.2 Å². The fourth-order valence-corrected chi connectivity index (χ4v) is 4.90.